The number of benzene rings is 1. The monoisotopic (exact) mass is 269 g/mol. The summed E-state index contributed by atoms with van der Waals surface area (Å²) in [7, 11) is 0. The standard InChI is InChI=1S/C18H23NO/c20-17-18(15-9-5-2-6-10-15)11-16(18)13-19(17)12-14-7-3-1-4-8-14/h2,5-6,9-10,14,16H,1,3-4,7-8,11-13H2. The van der Waals surface area contributed by atoms with Crippen LogP contribution in [0.25, 0.3) is 0 Å². The molecule has 1 saturated heterocycles. The minimum atomic E-state index is -0.129. The van der Waals surface area contributed by atoms with Gasteiger partial charge in [-0.25, -0.2) is 0 Å². The lowest BCUT2D eigenvalue weighted by molar-refractivity contribution is -0.131. The molecule has 1 heterocycles. The summed E-state index contributed by atoms with van der Waals surface area (Å²) in [5.41, 5.74) is 1.12. The highest BCUT2D eigenvalue weighted by Gasteiger charge is 2.67. The average molecular weight is 269 g/mol. The summed E-state index contributed by atoms with van der Waals surface area (Å²) in [4.78, 5) is 15.0. The van der Waals surface area contributed by atoms with E-state index in [9.17, 15) is 4.79 Å². The van der Waals surface area contributed by atoms with E-state index in [2.05, 4.69) is 29.2 Å². The molecule has 2 unspecified atom stereocenters. The van der Waals surface area contributed by atoms with Crippen LogP contribution < -0.4 is 0 Å². The highest BCUT2D eigenvalue weighted by Crippen LogP contribution is 2.59. The molecule has 0 aromatic heterocycles. The molecule has 0 bridgehead atoms. The average Bonchev–Trinajstić information content (AvgIpc) is 3.17. The summed E-state index contributed by atoms with van der Waals surface area (Å²) in [6, 6.07) is 10.5. The molecule has 0 radical (unpaired) electrons. The number of rotatable bonds is 3. The number of hydrogen-bond donors (Lipinski definition) is 0. The molecule has 0 spiro atoms. The lowest BCUT2D eigenvalue weighted by Crippen LogP contribution is -2.37. The zero-order valence-corrected chi connectivity index (χ0v) is 12.1. The van der Waals surface area contributed by atoms with Crippen molar-refractivity contribution in [3.05, 3.63) is 35.9 Å². The van der Waals surface area contributed by atoms with Crippen molar-refractivity contribution in [3.63, 3.8) is 0 Å². The van der Waals surface area contributed by atoms with E-state index in [1.54, 1.807) is 0 Å². The van der Waals surface area contributed by atoms with Crippen molar-refractivity contribution in [2.24, 2.45) is 11.8 Å². The van der Waals surface area contributed by atoms with Gasteiger partial charge >= 0.3 is 0 Å². The molecule has 4 rings (SSSR count). The Morgan fingerprint density at radius 2 is 1.85 bits per heavy atom. The molecule has 2 atom stereocenters. The predicted molar refractivity (Wildman–Crippen MR) is 79.4 cm³/mol. The number of carbonyl (C=O) groups is 1. The van der Waals surface area contributed by atoms with E-state index in [-0.39, 0.29) is 5.41 Å². The summed E-state index contributed by atoms with van der Waals surface area (Å²) in [5.74, 6) is 1.76. The first-order valence-electron chi connectivity index (χ1n) is 8.15. The fraction of sp³-hybridized carbons (Fsp3) is 0.611. The largest absolute Gasteiger partial charge is 0.341 e. The lowest BCUT2D eigenvalue weighted by atomic mass is 9.88. The maximum absolute atomic E-state index is 12.9. The summed E-state index contributed by atoms with van der Waals surface area (Å²) in [6.07, 6.45) is 7.84. The van der Waals surface area contributed by atoms with Crippen LogP contribution in [-0.4, -0.2) is 23.9 Å². The van der Waals surface area contributed by atoms with Crippen molar-refractivity contribution >= 4 is 5.91 Å². The highest BCUT2D eigenvalue weighted by molar-refractivity contribution is 5.94. The quantitative estimate of drug-likeness (QED) is 0.824. The number of likely N-dealkylation sites (tertiary alicyclic amines) is 1. The predicted octanol–water partition coefficient (Wildman–Crippen LogP) is 3.37. The fourth-order valence-corrected chi connectivity index (χ4v) is 4.49. The van der Waals surface area contributed by atoms with Gasteiger partial charge in [0, 0.05) is 13.1 Å². The first-order chi connectivity index (χ1) is 9.80. The third-order valence-corrected chi connectivity index (χ3v) is 5.71. The van der Waals surface area contributed by atoms with Crippen LogP contribution in [0.3, 0.4) is 0 Å². The second-order valence-electron chi connectivity index (χ2n) is 6.95. The fourth-order valence-electron chi connectivity index (χ4n) is 4.49. The smallest absolute Gasteiger partial charge is 0.233 e. The molecule has 106 valence electrons. The molecular formula is C18H23NO. The normalized spacial score (nSPS) is 33.3. The van der Waals surface area contributed by atoms with Gasteiger partial charge < -0.3 is 4.90 Å². The second-order valence-corrected chi connectivity index (χ2v) is 6.95. The van der Waals surface area contributed by atoms with E-state index in [4.69, 9.17) is 0 Å². The molecular weight excluding hydrogens is 246 g/mol. The van der Waals surface area contributed by atoms with Gasteiger partial charge in [0.15, 0.2) is 0 Å². The van der Waals surface area contributed by atoms with Gasteiger partial charge in [0.25, 0.3) is 0 Å². The molecule has 1 amide bonds. The van der Waals surface area contributed by atoms with Crippen molar-refractivity contribution in [2.75, 3.05) is 13.1 Å². The Morgan fingerprint density at radius 3 is 2.60 bits per heavy atom. The lowest BCUT2D eigenvalue weighted by Gasteiger charge is -2.28. The topological polar surface area (TPSA) is 20.3 Å². The number of hydrogen-bond acceptors (Lipinski definition) is 1. The zero-order chi connectivity index (χ0) is 13.6. The Balaban J connectivity index is 1.49. The number of amides is 1. The van der Waals surface area contributed by atoms with Crippen molar-refractivity contribution in [1.29, 1.82) is 0 Å². The Hall–Kier alpha value is -1.31. The minimum absolute atomic E-state index is 0.129. The van der Waals surface area contributed by atoms with Crippen molar-refractivity contribution < 1.29 is 4.79 Å². The van der Waals surface area contributed by atoms with E-state index >= 15 is 0 Å². The van der Waals surface area contributed by atoms with Crippen LogP contribution in [0, 0.1) is 11.8 Å². The van der Waals surface area contributed by atoms with Crippen LogP contribution in [0.4, 0.5) is 0 Å². The molecule has 1 aliphatic heterocycles. The number of piperidine rings is 1. The van der Waals surface area contributed by atoms with E-state index in [0.717, 1.165) is 25.4 Å². The van der Waals surface area contributed by atoms with Gasteiger partial charge in [-0.3, -0.25) is 4.79 Å². The molecule has 2 saturated carbocycles. The van der Waals surface area contributed by atoms with E-state index in [1.165, 1.54) is 37.7 Å². The maximum atomic E-state index is 12.9. The van der Waals surface area contributed by atoms with Crippen molar-refractivity contribution in [1.82, 2.24) is 4.90 Å². The Morgan fingerprint density at radius 1 is 1.10 bits per heavy atom. The van der Waals surface area contributed by atoms with Gasteiger partial charge in [0.05, 0.1) is 5.41 Å². The van der Waals surface area contributed by atoms with E-state index in [0.29, 0.717) is 11.8 Å². The van der Waals surface area contributed by atoms with Crippen LogP contribution in [0.2, 0.25) is 0 Å². The molecule has 0 N–H and O–H groups in total. The molecule has 1 aromatic carbocycles. The van der Waals surface area contributed by atoms with Gasteiger partial charge in [-0.1, -0.05) is 49.6 Å². The molecule has 2 nitrogen and oxygen atoms in total. The third kappa shape index (κ3) is 1.81. The second kappa shape index (κ2) is 4.61. The van der Waals surface area contributed by atoms with Crippen LogP contribution in [0.1, 0.15) is 44.1 Å². The molecule has 3 fully saturated rings. The SMILES string of the molecule is O=C1N(CC2CCCCC2)CC2CC12c1ccccc1. The summed E-state index contributed by atoms with van der Waals surface area (Å²) in [5, 5.41) is 0. The Labute approximate surface area is 121 Å². The highest BCUT2D eigenvalue weighted by atomic mass is 16.2. The van der Waals surface area contributed by atoms with Crippen LogP contribution >= 0.6 is 0 Å². The van der Waals surface area contributed by atoms with Crippen molar-refractivity contribution in [3.8, 4) is 0 Å². The van der Waals surface area contributed by atoms with Crippen LogP contribution in [-0.2, 0) is 10.2 Å². The van der Waals surface area contributed by atoms with Crippen LogP contribution in [0.5, 0.6) is 0 Å². The van der Waals surface area contributed by atoms with Gasteiger partial charge in [-0.2, -0.15) is 0 Å². The van der Waals surface area contributed by atoms with Gasteiger partial charge in [-0.05, 0) is 36.7 Å². The first-order valence-corrected chi connectivity index (χ1v) is 8.15. The first kappa shape index (κ1) is 12.4. The number of carbonyl (C=O) groups excluding carboxylic acids is 1. The molecule has 2 aliphatic carbocycles. The molecule has 1 aromatic rings. The summed E-state index contributed by atoms with van der Waals surface area (Å²) in [6.45, 7) is 2.02. The zero-order valence-electron chi connectivity index (χ0n) is 12.1. The van der Waals surface area contributed by atoms with Gasteiger partial charge in [-0.15, -0.1) is 0 Å². The summed E-state index contributed by atoms with van der Waals surface area (Å²) < 4.78 is 0. The summed E-state index contributed by atoms with van der Waals surface area (Å²) >= 11 is 0. The minimum Gasteiger partial charge on any atom is -0.341 e. The maximum Gasteiger partial charge on any atom is 0.233 e. The van der Waals surface area contributed by atoms with E-state index < -0.39 is 0 Å². The van der Waals surface area contributed by atoms with Gasteiger partial charge in [0.2, 0.25) is 5.91 Å². The Kier molecular flexibility index (Phi) is 2.87. The van der Waals surface area contributed by atoms with Gasteiger partial charge in [0.1, 0.15) is 0 Å². The Bertz CT molecular complexity index is 505. The molecule has 3 aliphatic rings. The molecule has 20 heavy (non-hydrogen) atoms. The third-order valence-electron chi connectivity index (χ3n) is 5.71. The van der Waals surface area contributed by atoms with Crippen molar-refractivity contribution in [2.45, 2.75) is 43.9 Å². The van der Waals surface area contributed by atoms with E-state index in [1.807, 2.05) is 6.07 Å². The number of fused-ring (bicyclic) bond motifs is 1. The van der Waals surface area contributed by atoms with Crippen LogP contribution in [0.15, 0.2) is 30.3 Å². The molecule has 2 heteroatoms. The number of nitrogens with zero attached hydrogens (tertiary/aromatic N) is 1.